The van der Waals surface area contributed by atoms with Gasteiger partial charge < -0.3 is 20.5 Å². The molecule has 0 fully saturated rings. The predicted molar refractivity (Wildman–Crippen MR) is 129 cm³/mol. The molecule has 1 amide bonds. The van der Waals surface area contributed by atoms with Crippen LogP contribution in [-0.4, -0.2) is 24.1 Å². The summed E-state index contributed by atoms with van der Waals surface area (Å²) in [5, 5.41) is 3.35. The molecule has 2 aromatic carbocycles. The lowest BCUT2D eigenvalue weighted by Gasteiger charge is -2.24. The van der Waals surface area contributed by atoms with Crippen LogP contribution in [0.25, 0.3) is 21.2 Å². The van der Waals surface area contributed by atoms with Crippen molar-refractivity contribution in [2.75, 3.05) is 24.2 Å². The Bertz CT molecular complexity index is 1440. The number of aromatic nitrogens is 1. The van der Waals surface area contributed by atoms with E-state index < -0.39 is 11.6 Å². The first-order chi connectivity index (χ1) is 15.7. The minimum atomic E-state index is -0.708. The molecule has 6 nitrogen and oxygen atoms in total. The third-order valence-electron chi connectivity index (χ3n) is 5.36. The van der Waals surface area contributed by atoms with Gasteiger partial charge in [0, 0.05) is 60.8 Å². The number of nitrogens with one attached hydrogen (secondary N) is 1. The lowest BCUT2D eigenvalue weighted by atomic mass is 10.00. The number of hydrogen-bond donors (Lipinski definition) is 2. The van der Waals surface area contributed by atoms with Gasteiger partial charge in [0.2, 0.25) is 0 Å². The number of fused-ring (bicyclic) bond motifs is 1. The number of hydrogen-bond acceptors (Lipinski definition) is 5. The Kier molecular flexibility index (Phi) is 5.90. The molecule has 0 aliphatic carbocycles. The average molecular weight is 469 g/mol. The predicted octanol–water partition coefficient (Wildman–Crippen LogP) is 4.65. The van der Waals surface area contributed by atoms with Crippen LogP contribution in [0.3, 0.4) is 0 Å². The summed E-state index contributed by atoms with van der Waals surface area (Å²) >= 11 is 1.12. The maximum Gasteiger partial charge on any atom is 0.268 e. The van der Waals surface area contributed by atoms with Crippen molar-refractivity contribution in [3.8, 4) is 11.1 Å². The number of thiophene rings is 1. The number of pyridine rings is 1. The molecule has 170 valence electrons. The van der Waals surface area contributed by atoms with Crippen molar-refractivity contribution in [1.82, 2.24) is 9.88 Å². The fourth-order valence-electron chi connectivity index (χ4n) is 3.75. The summed E-state index contributed by atoms with van der Waals surface area (Å²) in [7, 11) is 3.30. The van der Waals surface area contributed by atoms with Crippen LogP contribution in [0.4, 0.5) is 25.8 Å². The van der Waals surface area contributed by atoms with Gasteiger partial charge in [-0.2, -0.15) is 0 Å². The van der Waals surface area contributed by atoms with Crippen molar-refractivity contribution in [3.05, 3.63) is 75.5 Å². The molecule has 3 N–H and O–H groups in total. The summed E-state index contributed by atoms with van der Waals surface area (Å²) in [6, 6.07) is 10.2. The fourth-order valence-corrected chi connectivity index (χ4v) is 4.82. The minimum absolute atomic E-state index is 0.178. The van der Waals surface area contributed by atoms with Crippen molar-refractivity contribution in [2.45, 2.75) is 6.92 Å². The molecule has 4 rings (SSSR count). The van der Waals surface area contributed by atoms with E-state index in [1.165, 1.54) is 16.7 Å². The van der Waals surface area contributed by atoms with E-state index in [1.807, 2.05) is 6.92 Å². The Balaban J connectivity index is 1.97. The summed E-state index contributed by atoms with van der Waals surface area (Å²) in [4.78, 5) is 27.2. The normalized spacial score (nSPS) is 11.1. The van der Waals surface area contributed by atoms with Crippen LogP contribution in [0.5, 0.6) is 0 Å². The van der Waals surface area contributed by atoms with E-state index >= 15 is 0 Å². The van der Waals surface area contributed by atoms with Gasteiger partial charge in [-0.3, -0.25) is 9.59 Å². The Labute approximate surface area is 192 Å². The van der Waals surface area contributed by atoms with E-state index in [1.54, 1.807) is 49.5 Å². The van der Waals surface area contributed by atoms with Crippen molar-refractivity contribution in [2.24, 2.45) is 7.05 Å². The van der Waals surface area contributed by atoms with Crippen LogP contribution in [-0.2, 0) is 7.05 Å². The number of nitrogens with two attached hydrogens (primary N) is 1. The summed E-state index contributed by atoms with van der Waals surface area (Å²) in [6.07, 6.45) is 1.67. The molecule has 0 radical (unpaired) electrons. The van der Waals surface area contributed by atoms with Crippen molar-refractivity contribution < 1.29 is 13.6 Å². The van der Waals surface area contributed by atoms with E-state index in [0.29, 0.717) is 44.0 Å². The molecule has 4 aromatic rings. The van der Waals surface area contributed by atoms with E-state index in [4.69, 9.17) is 5.73 Å². The largest absolute Gasteiger partial charge is 0.399 e. The van der Waals surface area contributed by atoms with Crippen molar-refractivity contribution in [3.63, 3.8) is 0 Å². The summed E-state index contributed by atoms with van der Waals surface area (Å²) < 4.78 is 29.9. The Morgan fingerprint density at radius 3 is 2.55 bits per heavy atom. The van der Waals surface area contributed by atoms with Gasteiger partial charge in [0.05, 0.1) is 10.6 Å². The lowest BCUT2D eigenvalue weighted by Crippen LogP contribution is -2.21. The number of amides is 1. The SMILES string of the molecule is CCNC(=O)c1cc2c(-c3cc(N)ccc3N(C)c3ccc(F)cc3F)cn(C)c(=O)c2s1. The highest BCUT2D eigenvalue weighted by molar-refractivity contribution is 7.20. The second-order valence-electron chi connectivity index (χ2n) is 7.60. The molecule has 2 heterocycles. The smallest absolute Gasteiger partial charge is 0.268 e. The molecular weight excluding hydrogens is 446 g/mol. The number of nitrogen functional groups attached to an aromatic ring is 1. The first kappa shape index (κ1) is 22.5. The van der Waals surface area contributed by atoms with Crippen LogP contribution >= 0.6 is 11.3 Å². The number of anilines is 3. The van der Waals surface area contributed by atoms with Gasteiger partial charge in [-0.25, -0.2) is 8.78 Å². The molecule has 2 aromatic heterocycles. The molecule has 0 unspecified atom stereocenters. The van der Waals surface area contributed by atoms with Crippen LogP contribution in [0.1, 0.15) is 16.6 Å². The number of rotatable bonds is 5. The Morgan fingerprint density at radius 2 is 1.85 bits per heavy atom. The fraction of sp³-hybridized carbons (Fsp3) is 0.167. The van der Waals surface area contributed by atoms with Crippen LogP contribution in [0.15, 0.2) is 53.5 Å². The Hall–Kier alpha value is -3.72. The minimum Gasteiger partial charge on any atom is -0.399 e. The number of halogens is 2. The van der Waals surface area contributed by atoms with Gasteiger partial charge in [0.1, 0.15) is 16.3 Å². The molecule has 0 spiro atoms. The molecule has 0 saturated heterocycles. The second kappa shape index (κ2) is 8.67. The quantitative estimate of drug-likeness (QED) is 0.418. The van der Waals surface area contributed by atoms with Crippen LogP contribution in [0, 0.1) is 11.6 Å². The molecule has 0 aliphatic rings. The molecule has 9 heteroatoms. The third kappa shape index (κ3) is 4.07. The molecular formula is C24H22F2N4O2S. The van der Waals surface area contributed by atoms with E-state index in [0.717, 1.165) is 17.4 Å². The van der Waals surface area contributed by atoms with Gasteiger partial charge in [-0.1, -0.05) is 0 Å². The zero-order chi connectivity index (χ0) is 23.9. The van der Waals surface area contributed by atoms with Gasteiger partial charge >= 0.3 is 0 Å². The maximum atomic E-state index is 14.5. The van der Waals surface area contributed by atoms with Gasteiger partial charge in [-0.05, 0) is 43.3 Å². The zero-order valence-corrected chi connectivity index (χ0v) is 19.1. The van der Waals surface area contributed by atoms with E-state index in [-0.39, 0.29) is 17.2 Å². The summed E-state index contributed by atoms with van der Waals surface area (Å²) in [5.41, 5.74) is 8.42. The number of carbonyl (C=O) groups excluding carboxylic acids is 1. The molecule has 0 aliphatic heterocycles. The van der Waals surface area contributed by atoms with Gasteiger partial charge in [-0.15, -0.1) is 11.3 Å². The first-order valence-corrected chi connectivity index (χ1v) is 11.0. The number of aryl methyl sites for hydroxylation is 1. The highest BCUT2D eigenvalue weighted by atomic mass is 32.1. The summed E-state index contributed by atoms with van der Waals surface area (Å²) in [5.74, 6) is -1.64. The number of carbonyl (C=O) groups is 1. The second-order valence-corrected chi connectivity index (χ2v) is 8.66. The zero-order valence-electron chi connectivity index (χ0n) is 18.3. The van der Waals surface area contributed by atoms with Crippen molar-refractivity contribution >= 4 is 44.4 Å². The van der Waals surface area contributed by atoms with E-state index in [9.17, 15) is 18.4 Å². The number of nitrogens with zero attached hydrogens (tertiary/aromatic N) is 2. The van der Waals surface area contributed by atoms with Crippen LogP contribution < -0.4 is 21.5 Å². The van der Waals surface area contributed by atoms with Gasteiger partial charge in [0.15, 0.2) is 0 Å². The topological polar surface area (TPSA) is 80.4 Å². The molecule has 0 saturated carbocycles. The van der Waals surface area contributed by atoms with Gasteiger partial charge in [0.25, 0.3) is 11.5 Å². The molecule has 0 bridgehead atoms. The molecule has 33 heavy (non-hydrogen) atoms. The summed E-state index contributed by atoms with van der Waals surface area (Å²) in [6.45, 7) is 2.28. The average Bonchev–Trinajstić information content (AvgIpc) is 3.22. The molecule has 0 atom stereocenters. The highest BCUT2D eigenvalue weighted by Gasteiger charge is 2.21. The van der Waals surface area contributed by atoms with Crippen LogP contribution in [0.2, 0.25) is 0 Å². The van der Waals surface area contributed by atoms with E-state index in [2.05, 4.69) is 5.32 Å². The lowest BCUT2D eigenvalue weighted by molar-refractivity contribution is 0.0960. The third-order valence-corrected chi connectivity index (χ3v) is 6.49. The Morgan fingerprint density at radius 1 is 1.12 bits per heavy atom. The monoisotopic (exact) mass is 468 g/mol. The maximum absolute atomic E-state index is 14.5. The first-order valence-electron chi connectivity index (χ1n) is 10.2. The highest BCUT2D eigenvalue weighted by Crippen LogP contribution is 2.40. The standard InChI is InChI=1S/C24H22F2N4O2S/c1-4-28-23(31)21-11-16-17(12-29(2)24(32)22(16)33-21)15-10-14(27)6-8-19(15)30(3)20-7-5-13(25)9-18(20)26/h5-12H,4,27H2,1-3H3,(H,28,31). The van der Waals surface area contributed by atoms with Crippen molar-refractivity contribution in [1.29, 1.82) is 0 Å². The number of benzene rings is 2.